The molecule has 3 atom stereocenters. The van der Waals surface area contributed by atoms with E-state index in [0.29, 0.717) is 6.04 Å². The minimum absolute atomic E-state index is 0.612. The van der Waals surface area contributed by atoms with Crippen molar-refractivity contribution in [3.63, 3.8) is 0 Å². The Morgan fingerprint density at radius 2 is 2.11 bits per heavy atom. The summed E-state index contributed by atoms with van der Waals surface area (Å²) in [6.07, 6.45) is 9.15. The molecule has 18 heavy (non-hydrogen) atoms. The number of hydrogen-bond acceptors (Lipinski definition) is 2. The Morgan fingerprint density at radius 3 is 2.78 bits per heavy atom. The Bertz CT molecular complexity index is 420. The highest BCUT2D eigenvalue weighted by Crippen LogP contribution is 2.44. The molecule has 1 heterocycles. The van der Waals surface area contributed by atoms with Crippen LogP contribution in [-0.4, -0.2) is 16.1 Å². The molecular formula is C14H19N3S. The van der Waals surface area contributed by atoms with Crippen molar-refractivity contribution in [2.45, 2.75) is 38.3 Å². The first-order chi connectivity index (χ1) is 8.81. The summed E-state index contributed by atoms with van der Waals surface area (Å²) in [5.41, 5.74) is 1.21. The molecule has 3 nitrogen and oxygen atoms in total. The van der Waals surface area contributed by atoms with E-state index in [1.807, 2.05) is 24.5 Å². The number of hydrogen-bond donors (Lipinski definition) is 2. The first-order valence-electron chi connectivity index (χ1n) is 6.74. The zero-order chi connectivity index (χ0) is 12.4. The minimum Gasteiger partial charge on any atom is -0.360 e. The number of thiocarbonyl (C=S) groups is 1. The van der Waals surface area contributed by atoms with Crippen LogP contribution in [0, 0.1) is 11.8 Å². The van der Waals surface area contributed by atoms with Crippen LogP contribution in [0.25, 0.3) is 0 Å². The maximum absolute atomic E-state index is 5.37. The second-order valence-electron chi connectivity index (χ2n) is 5.46. The van der Waals surface area contributed by atoms with Crippen molar-refractivity contribution in [3.8, 4) is 0 Å². The molecule has 1 aromatic rings. The van der Waals surface area contributed by atoms with Gasteiger partial charge in [0.25, 0.3) is 0 Å². The highest BCUT2D eigenvalue weighted by Gasteiger charge is 2.39. The molecule has 2 saturated carbocycles. The monoisotopic (exact) mass is 261 g/mol. The standard InChI is InChI=1S/C14H19N3S/c18-14(16-9-10-3-5-15-6-4-10)17-13-8-11-1-2-12(13)7-11/h3-6,11-13H,1-2,7-9H2,(H2,16,17,18)/t11-,12+,13-/m0/s1. The molecule has 3 rings (SSSR count). The van der Waals surface area contributed by atoms with Gasteiger partial charge in [-0.3, -0.25) is 4.98 Å². The molecule has 0 saturated heterocycles. The predicted molar refractivity (Wildman–Crippen MR) is 76.0 cm³/mol. The molecule has 2 fully saturated rings. The van der Waals surface area contributed by atoms with Gasteiger partial charge in [0, 0.05) is 25.0 Å². The maximum atomic E-state index is 5.37. The Balaban J connectivity index is 1.45. The second kappa shape index (κ2) is 5.22. The number of pyridine rings is 1. The molecule has 0 aliphatic heterocycles. The Hall–Kier alpha value is -1.16. The van der Waals surface area contributed by atoms with Crippen LogP contribution >= 0.6 is 12.2 Å². The van der Waals surface area contributed by atoms with E-state index in [-0.39, 0.29) is 0 Å². The van der Waals surface area contributed by atoms with Crippen LogP contribution < -0.4 is 10.6 Å². The van der Waals surface area contributed by atoms with Crippen molar-refractivity contribution in [3.05, 3.63) is 30.1 Å². The summed E-state index contributed by atoms with van der Waals surface area (Å²) in [5, 5.41) is 7.56. The van der Waals surface area contributed by atoms with Crippen molar-refractivity contribution in [1.82, 2.24) is 15.6 Å². The highest BCUT2D eigenvalue weighted by molar-refractivity contribution is 7.80. The van der Waals surface area contributed by atoms with Crippen LogP contribution in [0.3, 0.4) is 0 Å². The SMILES string of the molecule is S=C(NCc1ccncc1)N[C@H]1C[C@H]2CC[C@@H]1C2. The number of nitrogens with one attached hydrogen (secondary N) is 2. The molecule has 2 bridgehead atoms. The Labute approximate surface area is 113 Å². The Morgan fingerprint density at radius 1 is 1.28 bits per heavy atom. The first-order valence-corrected chi connectivity index (χ1v) is 7.15. The molecule has 0 unspecified atom stereocenters. The molecule has 0 aromatic carbocycles. The Kier molecular flexibility index (Phi) is 3.46. The van der Waals surface area contributed by atoms with Crippen molar-refractivity contribution >= 4 is 17.3 Å². The summed E-state index contributed by atoms with van der Waals surface area (Å²) in [5.74, 6) is 1.81. The normalized spacial score (nSPS) is 29.2. The molecule has 2 N–H and O–H groups in total. The summed E-state index contributed by atoms with van der Waals surface area (Å²) >= 11 is 5.37. The van der Waals surface area contributed by atoms with Crippen LogP contribution in [-0.2, 0) is 6.54 Å². The lowest BCUT2D eigenvalue weighted by Crippen LogP contribution is -2.43. The van der Waals surface area contributed by atoms with Crippen LogP contribution in [0.1, 0.15) is 31.2 Å². The van der Waals surface area contributed by atoms with Crippen LogP contribution in [0.4, 0.5) is 0 Å². The van der Waals surface area contributed by atoms with Gasteiger partial charge in [-0.25, -0.2) is 0 Å². The van der Waals surface area contributed by atoms with Gasteiger partial charge in [0.2, 0.25) is 0 Å². The van der Waals surface area contributed by atoms with Gasteiger partial charge >= 0.3 is 0 Å². The molecule has 2 aliphatic carbocycles. The fraction of sp³-hybridized carbons (Fsp3) is 0.571. The predicted octanol–water partition coefficient (Wildman–Crippen LogP) is 2.23. The van der Waals surface area contributed by atoms with E-state index in [4.69, 9.17) is 12.2 Å². The zero-order valence-corrected chi connectivity index (χ0v) is 11.2. The van der Waals surface area contributed by atoms with E-state index in [9.17, 15) is 0 Å². The largest absolute Gasteiger partial charge is 0.360 e. The van der Waals surface area contributed by atoms with Gasteiger partial charge < -0.3 is 10.6 Å². The van der Waals surface area contributed by atoms with E-state index < -0.39 is 0 Å². The molecule has 0 radical (unpaired) electrons. The average Bonchev–Trinajstić information content (AvgIpc) is 3.00. The lowest BCUT2D eigenvalue weighted by Gasteiger charge is -2.24. The summed E-state index contributed by atoms with van der Waals surface area (Å²) < 4.78 is 0. The fourth-order valence-corrected chi connectivity index (χ4v) is 3.55. The first kappa shape index (κ1) is 11.9. The van der Waals surface area contributed by atoms with Crippen molar-refractivity contribution in [2.24, 2.45) is 11.8 Å². The average molecular weight is 261 g/mol. The molecule has 96 valence electrons. The second-order valence-corrected chi connectivity index (χ2v) is 5.87. The number of nitrogens with zero attached hydrogens (tertiary/aromatic N) is 1. The third kappa shape index (κ3) is 2.64. The summed E-state index contributed by atoms with van der Waals surface area (Å²) in [4.78, 5) is 4.01. The van der Waals surface area contributed by atoms with Gasteiger partial charge in [-0.2, -0.15) is 0 Å². The summed E-state index contributed by atoms with van der Waals surface area (Å²) in [6.45, 7) is 0.773. The van der Waals surface area contributed by atoms with E-state index in [2.05, 4.69) is 15.6 Å². The third-order valence-electron chi connectivity index (χ3n) is 4.26. The van der Waals surface area contributed by atoms with Gasteiger partial charge in [0.15, 0.2) is 5.11 Å². The number of fused-ring (bicyclic) bond motifs is 2. The van der Waals surface area contributed by atoms with E-state index in [1.165, 1.54) is 31.2 Å². The number of rotatable bonds is 3. The molecule has 0 spiro atoms. The molecule has 4 heteroatoms. The molecule has 1 aromatic heterocycles. The highest BCUT2D eigenvalue weighted by atomic mass is 32.1. The lowest BCUT2D eigenvalue weighted by atomic mass is 9.96. The van der Waals surface area contributed by atoms with Crippen molar-refractivity contribution in [1.29, 1.82) is 0 Å². The van der Waals surface area contributed by atoms with Gasteiger partial charge in [-0.1, -0.05) is 6.42 Å². The summed E-state index contributed by atoms with van der Waals surface area (Å²) in [6, 6.07) is 4.63. The quantitative estimate of drug-likeness (QED) is 0.818. The third-order valence-corrected chi connectivity index (χ3v) is 4.52. The number of aromatic nitrogens is 1. The summed E-state index contributed by atoms with van der Waals surface area (Å²) in [7, 11) is 0. The van der Waals surface area contributed by atoms with E-state index >= 15 is 0 Å². The van der Waals surface area contributed by atoms with Gasteiger partial charge in [0.05, 0.1) is 0 Å². The fourth-order valence-electron chi connectivity index (χ4n) is 3.32. The van der Waals surface area contributed by atoms with Crippen molar-refractivity contribution in [2.75, 3.05) is 0 Å². The van der Waals surface area contributed by atoms with Gasteiger partial charge in [0.1, 0.15) is 0 Å². The van der Waals surface area contributed by atoms with E-state index in [0.717, 1.165) is 23.5 Å². The molecule has 2 aliphatic rings. The zero-order valence-electron chi connectivity index (χ0n) is 10.4. The van der Waals surface area contributed by atoms with Crippen LogP contribution in [0.5, 0.6) is 0 Å². The minimum atomic E-state index is 0.612. The van der Waals surface area contributed by atoms with Gasteiger partial charge in [-0.15, -0.1) is 0 Å². The lowest BCUT2D eigenvalue weighted by molar-refractivity contribution is 0.389. The molecular weight excluding hydrogens is 242 g/mol. The topological polar surface area (TPSA) is 37.0 Å². The van der Waals surface area contributed by atoms with E-state index in [1.54, 1.807) is 0 Å². The van der Waals surface area contributed by atoms with Gasteiger partial charge in [-0.05, 0) is 61.0 Å². The van der Waals surface area contributed by atoms with Crippen molar-refractivity contribution < 1.29 is 0 Å². The van der Waals surface area contributed by atoms with Crippen LogP contribution in [0.2, 0.25) is 0 Å². The maximum Gasteiger partial charge on any atom is 0.166 e. The smallest absolute Gasteiger partial charge is 0.166 e. The van der Waals surface area contributed by atoms with Crippen LogP contribution in [0.15, 0.2) is 24.5 Å². The molecule has 0 amide bonds.